The molecule has 0 aliphatic rings. The zero-order valence-electron chi connectivity index (χ0n) is 24.2. The van der Waals surface area contributed by atoms with Crippen LogP contribution in [0.1, 0.15) is 110 Å². The van der Waals surface area contributed by atoms with E-state index in [1.807, 2.05) is 18.2 Å². The molecule has 0 radical (unpaired) electrons. The number of fused-ring (bicyclic) bond motifs is 1. The number of carbonyl (C=O) groups is 1. The van der Waals surface area contributed by atoms with Crippen LogP contribution in [0.15, 0.2) is 72.8 Å². The van der Waals surface area contributed by atoms with E-state index >= 15 is 0 Å². The average molecular weight is 585 g/mol. The standard InChI is InChI=1S/C18H36O2.C16H13N.O.Zn/c1-2-3-4-5-6-7-8-9-10-11-12-13-14-15-16-17-18(19)20;1-2-8-15(9-3-1)17-16-11-10-13-6-4-5-7-14(13)12-16;;/h2-17H2,1H3,(H,19,20);1-12,17H;;/q;;-2;+2. The van der Waals surface area contributed by atoms with E-state index in [0.717, 1.165) is 24.2 Å². The van der Waals surface area contributed by atoms with Gasteiger partial charge in [0.1, 0.15) is 0 Å². The first-order chi connectivity index (χ1) is 18.2. The van der Waals surface area contributed by atoms with Crippen LogP contribution in [-0.2, 0) is 29.7 Å². The third kappa shape index (κ3) is 18.7. The van der Waals surface area contributed by atoms with E-state index < -0.39 is 5.97 Å². The Morgan fingerprint density at radius 1 is 0.590 bits per heavy atom. The molecule has 4 nitrogen and oxygen atoms in total. The largest absolute Gasteiger partial charge is 2.00 e. The van der Waals surface area contributed by atoms with Crippen LogP contribution >= 0.6 is 0 Å². The van der Waals surface area contributed by atoms with Gasteiger partial charge in [0.15, 0.2) is 0 Å². The smallest absolute Gasteiger partial charge is 2.00 e. The zero-order chi connectivity index (χ0) is 26.4. The number of carboxylic acids is 1. The van der Waals surface area contributed by atoms with Crippen molar-refractivity contribution in [2.75, 3.05) is 5.32 Å². The first-order valence-electron chi connectivity index (χ1n) is 14.7. The molecular formula is C34H49NO3Zn. The predicted molar refractivity (Wildman–Crippen MR) is 162 cm³/mol. The van der Waals surface area contributed by atoms with Gasteiger partial charge in [-0.15, -0.1) is 0 Å². The summed E-state index contributed by atoms with van der Waals surface area (Å²) in [5, 5.41) is 14.4. The van der Waals surface area contributed by atoms with Gasteiger partial charge in [-0.05, 0) is 41.5 Å². The minimum Gasteiger partial charge on any atom is -2.00 e. The van der Waals surface area contributed by atoms with Crippen LogP contribution in [0, 0.1) is 0 Å². The molecule has 0 unspecified atom stereocenters. The molecule has 0 atom stereocenters. The molecule has 0 heterocycles. The summed E-state index contributed by atoms with van der Waals surface area (Å²) in [5.74, 6) is -0.653. The van der Waals surface area contributed by atoms with Gasteiger partial charge in [-0.25, -0.2) is 0 Å². The summed E-state index contributed by atoms with van der Waals surface area (Å²) < 4.78 is 0. The van der Waals surface area contributed by atoms with Crippen molar-refractivity contribution >= 4 is 28.1 Å². The molecule has 0 spiro atoms. The van der Waals surface area contributed by atoms with Crippen molar-refractivity contribution in [3.8, 4) is 0 Å². The molecule has 3 aromatic rings. The van der Waals surface area contributed by atoms with Crippen molar-refractivity contribution in [2.45, 2.75) is 110 Å². The van der Waals surface area contributed by atoms with E-state index in [-0.39, 0.29) is 25.0 Å². The molecule has 0 saturated carbocycles. The van der Waals surface area contributed by atoms with Gasteiger partial charge in [-0.2, -0.15) is 0 Å². The minimum atomic E-state index is -0.653. The molecule has 0 amide bonds. The van der Waals surface area contributed by atoms with Gasteiger partial charge < -0.3 is 15.9 Å². The Kier molecular flexibility index (Phi) is 23.4. The third-order valence-corrected chi connectivity index (χ3v) is 6.81. The van der Waals surface area contributed by atoms with E-state index in [4.69, 9.17) is 5.11 Å². The number of unbranched alkanes of at least 4 members (excludes halogenated alkanes) is 14. The molecule has 0 aliphatic carbocycles. The van der Waals surface area contributed by atoms with Crippen LogP contribution in [0.5, 0.6) is 0 Å². The number of aliphatic carboxylic acids is 1. The average Bonchev–Trinajstić information content (AvgIpc) is 2.91. The van der Waals surface area contributed by atoms with Crippen LogP contribution in [0.25, 0.3) is 10.8 Å². The molecule has 5 heteroatoms. The van der Waals surface area contributed by atoms with Gasteiger partial charge >= 0.3 is 25.4 Å². The summed E-state index contributed by atoms with van der Waals surface area (Å²) in [5.41, 5.74) is 2.23. The second-order valence-electron chi connectivity index (χ2n) is 10.1. The number of hydrogen-bond acceptors (Lipinski definition) is 2. The quantitative estimate of drug-likeness (QED) is 0.115. The Bertz CT molecular complexity index is 980. The van der Waals surface area contributed by atoms with Crippen molar-refractivity contribution in [3.05, 3.63) is 72.8 Å². The molecule has 0 bridgehead atoms. The van der Waals surface area contributed by atoms with Gasteiger partial charge in [0.25, 0.3) is 0 Å². The maximum absolute atomic E-state index is 10.3. The molecule has 210 valence electrons. The van der Waals surface area contributed by atoms with Crippen LogP contribution in [0.4, 0.5) is 11.4 Å². The number of para-hydroxylation sites is 1. The molecule has 0 fully saturated rings. The summed E-state index contributed by atoms with van der Waals surface area (Å²) in [4.78, 5) is 10.3. The number of carboxylic acid groups (broad SMARTS) is 1. The molecular weight excluding hydrogens is 536 g/mol. The fourth-order valence-corrected chi connectivity index (χ4v) is 4.60. The number of anilines is 2. The molecule has 3 rings (SSSR count). The van der Waals surface area contributed by atoms with Crippen LogP contribution < -0.4 is 5.32 Å². The van der Waals surface area contributed by atoms with Crippen LogP contribution in [-0.4, -0.2) is 11.1 Å². The van der Waals surface area contributed by atoms with Crippen molar-refractivity contribution in [1.29, 1.82) is 0 Å². The van der Waals surface area contributed by atoms with Crippen molar-refractivity contribution in [1.82, 2.24) is 0 Å². The third-order valence-electron chi connectivity index (χ3n) is 6.81. The van der Waals surface area contributed by atoms with E-state index in [1.54, 1.807) is 0 Å². The van der Waals surface area contributed by atoms with Gasteiger partial charge in [0, 0.05) is 17.8 Å². The number of rotatable bonds is 18. The molecule has 39 heavy (non-hydrogen) atoms. The molecule has 0 aromatic heterocycles. The molecule has 2 N–H and O–H groups in total. The summed E-state index contributed by atoms with van der Waals surface area (Å²) in [7, 11) is 0. The summed E-state index contributed by atoms with van der Waals surface area (Å²) >= 11 is 0. The zero-order valence-corrected chi connectivity index (χ0v) is 27.2. The van der Waals surface area contributed by atoms with Gasteiger partial charge in [-0.1, -0.05) is 145 Å². The Hall–Kier alpha value is -2.23. The summed E-state index contributed by atoms with van der Waals surface area (Å²) in [6.07, 6.45) is 20.2. The summed E-state index contributed by atoms with van der Waals surface area (Å²) in [6, 6.07) is 25.0. The first kappa shape index (κ1) is 36.8. The minimum absolute atomic E-state index is 0. The number of nitrogens with one attached hydrogen (secondary N) is 1. The Morgan fingerprint density at radius 3 is 1.56 bits per heavy atom. The summed E-state index contributed by atoms with van der Waals surface area (Å²) in [6.45, 7) is 2.27. The topological polar surface area (TPSA) is 77.8 Å². The van der Waals surface area contributed by atoms with Crippen molar-refractivity contribution in [3.63, 3.8) is 0 Å². The Labute approximate surface area is 250 Å². The van der Waals surface area contributed by atoms with Crippen LogP contribution in [0.3, 0.4) is 0 Å². The van der Waals surface area contributed by atoms with E-state index in [2.05, 4.69) is 66.8 Å². The Balaban J connectivity index is 0.000000708. The normalized spacial score (nSPS) is 10.1. The number of benzene rings is 3. The maximum atomic E-state index is 10.3. The van der Waals surface area contributed by atoms with Crippen LogP contribution in [0.2, 0.25) is 0 Å². The maximum Gasteiger partial charge on any atom is 2.00 e. The molecule has 0 aliphatic heterocycles. The molecule has 3 aromatic carbocycles. The van der Waals surface area contributed by atoms with Gasteiger partial charge in [-0.3, -0.25) is 4.79 Å². The second kappa shape index (κ2) is 24.8. The van der Waals surface area contributed by atoms with E-state index in [1.165, 1.54) is 94.2 Å². The van der Waals surface area contributed by atoms with Crippen molar-refractivity contribution in [2.24, 2.45) is 0 Å². The van der Waals surface area contributed by atoms with Crippen molar-refractivity contribution < 1.29 is 34.9 Å². The fraction of sp³-hybridized carbons (Fsp3) is 0.500. The van der Waals surface area contributed by atoms with Gasteiger partial charge in [0.2, 0.25) is 0 Å². The fourth-order valence-electron chi connectivity index (χ4n) is 4.60. The number of hydrogen-bond donors (Lipinski definition) is 2. The molecule has 0 saturated heterocycles. The van der Waals surface area contributed by atoms with E-state index in [9.17, 15) is 4.79 Å². The van der Waals surface area contributed by atoms with Gasteiger partial charge in [0.05, 0.1) is 0 Å². The van der Waals surface area contributed by atoms with E-state index in [0.29, 0.717) is 6.42 Å². The Morgan fingerprint density at radius 2 is 1.05 bits per heavy atom. The monoisotopic (exact) mass is 583 g/mol. The predicted octanol–water partition coefficient (Wildman–Crippen LogP) is 10.8. The second-order valence-corrected chi connectivity index (χ2v) is 10.1. The SMILES string of the molecule is CCCCCCCCCCCCCCCCCC(=O)O.[O-2].[Zn+2].c1ccc(Nc2ccc3ccccc3c2)cc1. The first-order valence-corrected chi connectivity index (χ1v) is 14.7.